The van der Waals surface area contributed by atoms with Crippen LogP contribution in [0.25, 0.3) is 0 Å². The van der Waals surface area contributed by atoms with Crippen molar-refractivity contribution >= 4 is 5.78 Å². The highest BCUT2D eigenvalue weighted by Gasteiger charge is 2.13. The van der Waals surface area contributed by atoms with Gasteiger partial charge in [0.05, 0.1) is 25.4 Å². The standard InChI is InChI=1S/C13H18O4/c1-10(8-15-2)17-9-12(14)11-6-4-5-7-13(11)16-3/h4-7,10H,8-9H2,1-3H3. The number of methoxy groups -OCH3 is 2. The van der Waals surface area contributed by atoms with Crippen LogP contribution in [0.3, 0.4) is 0 Å². The Bertz CT molecular complexity index is 362. The van der Waals surface area contributed by atoms with Gasteiger partial charge >= 0.3 is 0 Å². The van der Waals surface area contributed by atoms with Crippen molar-refractivity contribution in [2.45, 2.75) is 13.0 Å². The maximum atomic E-state index is 11.9. The number of carbonyl (C=O) groups excluding carboxylic acids is 1. The summed E-state index contributed by atoms with van der Waals surface area (Å²) in [6.45, 7) is 2.36. The molecule has 0 radical (unpaired) electrons. The summed E-state index contributed by atoms with van der Waals surface area (Å²) in [6, 6.07) is 7.11. The molecule has 0 heterocycles. The average molecular weight is 238 g/mol. The van der Waals surface area contributed by atoms with Gasteiger partial charge in [-0.25, -0.2) is 0 Å². The van der Waals surface area contributed by atoms with Gasteiger partial charge in [-0.05, 0) is 19.1 Å². The first-order valence-electron chi connectivity index (χ1n) is 5.45. The maximum absolute atomic E-state index is 11.9. The van der Waals surface area contributed by atoms with Gasteiger partial charge in [-0.2, -0.15) is 0 Å². The van der Waals surface area contributed by atoms with E-state index < -0.39 is 0 Å². The lowest BCUT2D eigenvalue weighted by Crippen LogP contribution is -2.20. The third kappa shape index (κ3) is 4.17. The third-order valence-corrected chi connectivity index (χ3v) is 2.31. The van der Waals surface area contributed by atoms with Crippen LogP contribution in [0.4, 0.5) is 0 Å². The molecule has 94 valence electrons. The summed E-state index contributed by atoms with van der Waals surface area (Å²) in [5.74, 6) is 0.478. The Balaban J connectivity index is 2.58. The molecule has 0 aliphatic carbocycles. The molecule has 4 nitrogen and oxygen atoms in total. The van der Waals surface area contributed by atoms with Crippen molar-refractivity contribution < 1.29 is 19.0 Å². The zero-order valence-corrected chi connectivity index (χ0v) is 10.4. The fourth-order valence-electron chi connectivity index (χ4n) is 1.45. The second-order valence-electron chi connectivity index (χ2n) is 3.70. The molecule has 0 amide bonds. The number of ketones is 1. The van der Waals surface area contributed by atoms with E-state index in [1.165, 1.54) is 0 Å². The maximum Gasteiger partial charge on any atom is 0.192 e. The Morgan fingerprint density at radius 3 is 2.65 bits per heavy atom. The number of carbonyl (C=O) groups is 1. The largest absolute Gasteiger partial charge is 0.496 e. The summed E-state index contributed by atoms with van der Waals surface area (Å²) >= 11 is 0. The number of hydrogen-bond acceptors (Lipinski definition) is 4. The van der Waals surface area contributed by atoms with Crippen molar-refractivity contribution in [1.82, 2.24) is 0 Å². The normalized spacial score (nSPS) is 12.2. The molecule has 1 atom stereocenters. The number of para-hydroxylation sites is 1. The van der Waals surface area contributed by atoms with Crippen molar-refractivity contribution in [3.63, 3.8) is 0 Å². The van der Waals surface area contributed by atoms with Crippen molar-refractivity contribution in [3.8, 4) is 5.75 Å². The Labute approximate surface area is 101 Å². The van der Waals surface area contributed by atoms with E-state index in [1.807, 2.05) is 13.0 Å². The molecule has 1 aromatic rings. The van der Waals surface area contributed by atoms with Crippen molar-refractivity contribution in [3.05, 3.63) is 29.8 Å². The van der Waals surface area contributed by atoms with Crippen LogP contribution in [0.15, 0.2) is 24.3 Å². The van der Waals surface area contributed by atoms with E-state index in [0.29, 0.717) is 17.9 Å². The SMILES string of the molecule is COCC(C)OCC(=O)c1ccccc1OC. The smallest absolute Gasteiger partial charge is 0.192 e. The first kappa shape index (κ1) is 13.7. The van der Waals surface area contributed by atoms with Crippen LogP contribution in [0.5, 0.6) is 5.75 Å². The molecule has 1 rings (SSSR count). The molecule has 0 N–H and O–H groups in total. The highest BCUT2D eigenvalue weighted by atomic mass is 16.5. The van der Waals surface area contributed by atoms with Gasteiger partial charge in [0.2, 0.25) is 0 Å². The van der Waals surface area contributed by atoms with Gasteiger partial charge in [0.15, 0.2) is 5.78 Å². The van der Waals surface area contributed by atoms with E-state index >= 15 is 0 Å². The van der Waals surface area contributed by atoms with Crippen LogP contribution in [0.2, 0.25) is 0 Å². The number of hydrogen-bond donors (Lipinski definition) is 0. The molecule has 0 bridgehead atoms. The minimum absolute atomic E-state index is 0.0326. The molecular formula is C13H18O4. The van der Waals surface area contributed by atoms with E-state index in [4.69, 9.17) is 14.2 Å². The highest BCUT2D eigenvalue weighted by molar-refractivity contribution is 5.99. The van der Waals surface area contributed by atoms with Crippen molar-refractivity contribution in [2.24, 2.45) is 0 Å². The van der Waals surface area contributed by atoms with Crippen molar-refractivity contribution in [1.29, 1.82) is 0 Å². The molecular weight excluding hydrogens is 220 g/mol. The molecule has 0 aliphatic rings. The lowest BCUT2D eigenvalue weighted by atomic mass is 10.1. The predicted molar refractivity (Wildman–Crippen MR) is 64.6 cm³/mol. The van der Waals surface area contributed by atoms with E-state index in [2.05, 4.69) is 0 Å². The number of Topliss-reactive ketones (excluding diaryl/α,β-unsaturated/α-hetero) is 1. The summed E-state index contributed by atoms with van der Waals surface area (Å²) < 4.78 is 15.4. The molecule has 0 aromatic heterocycles. The zero-order chi connectivity index (χ0) is 12.7. The monoisotopic (exact) mass is 238 g/mol. The number of ether oxygens (including phenoxy) is 3. The van der Waals surface area contributed by atoms with Gasteiger partial charge < -0.3 is 14.2 Å². The quantitative estimate of drug-likeness (QED) is 0.681. The van der Waals surface area contributed by atoms with Crippen LogP contribution < -0.4 is 4.74 Å². The van der Waals surface area contributed by atoms with Crippen LogP contribution in [0.1, 0.15) is 17.3 Å². The number of rotatable bonds is 7. The van der Waals surface area contributed by atoms with Gasteiger partial charge in [-0.3, -0.25) is 4.79 Å². The minimum atomic E-state index is -0.0985. The van der Waals surface area contributed by atoms with Crippen molar-refractivity contribution in [2.75, 3.05) is 27.4 Å². The highest BCUT2D eigenvalue weighted by Crippen LogP contribution is 2.17. The van der Waals surface area contributed by atoms with E-state index in [1.54, 1.807) is 32.4 Å². The minimum Gasteiger partial charge on any atom is -0.496 e. The molecule has 0 saturated carbocycles. The average Bonchev–Trinajstić information content (AvgIpc) is 2.36. The Morgan fingerprint density at radius 1 is 1.29 bits per heavy atom. The summed E-state index contributed by atoms with van der Waals surface area (Å²) in [7, 11) is 3.14. The Hall–Kier alpha value is -1.39. The zero-order valence-electron chi connectivity index (χ0n) is 10.4. The molecule has 0 aliphatic heterocycles. The van der Waals surface area contributed by atoms with E-state index in [-0.39, 0.29) is 18.5 Å². The fraction of sp³-hybridized carbons (Fsp3) is 0.462. The second-order valence-corrected chi connectivity index (χ2v) is 3.70. The lowest BCUT2D eigenvalue weighted by molar-refractivity contribution is 0.0124. The lowest BCUT2D eigenvalue weighted by Gasteiger charge is -2.12. The molecule has 0 spiro atoms. The summed E-state index contributed by atoms with van der Waals surface area (Å²) in [6.07, 6.45) is -0.0985. The van der Waals surface area contributed by atoms with Crippen LogP contribution in [-0.2, 0) is 9.47 Å². The molecule has 4 heteroatoms. The van der Waals surface area contributed by atoms with Gasteiger partial charge in [0.25, 0.3) is 0 Å². The molecule has 1 aromatic carbocycles. The summed E-state index contributed by atoms with van der Waals surface area (Å²) in [5, 5.41) is 0. The topological polar surface area (TPSA) is 44.8 Å². The number of benzene rings is 1. The van der Waals surface area contributed by atoms with Crippen LogP contribution in [-0.4, -0.2) is 39.3 Å². The van der Waals surface area contributed by atoms with E-state index in [9.17, 15) is 4.79 Å². The molecule has 1 unspecified atom stereocenters. The Morgan fingerprint density at radius 2 is 2.00 bits per heavy atom. The molecule has 17 heavy (non-hydrogen) atoms. The van der Waals surface area contributed by atoms with E-state index in [0.717, 1.165) is 0 Å². The van der Waals surface area contributed by atoms with Gasteiger partial charge in [0.1, 0.15) is 12.4 Å². The predicted octanol–water partition coefficient (Wildman–Crippen LogP) is 1.93. The first-order chi connectivity index (χ1) is 8.19. The van der Waals surface area contributed by atoms with Gasteiger partial charge in [-0.1, -0.05) is 12.1 Å². The summed E-state index contributed by atoms with van der Waals surface area (Å²) in [5.41, 5.74) is 0.541. The van der Waals surface area contributed by atoms with Crippen LogP contribution >= 0.6 is 0 Å². The van der Waals surface area contributed by atoms with Gasteiger partial charge in [0, 0.05) is 7.11 Å². The molecule has 0 saturated heterocycles. The second kappa shape index (κ2) is 7.04. The van der Waals surface area contributed by atoms with Gasteiger partial charge in [-0.15, -0.1) is 0 Å². The third-order valence-electron chi connectivity index (χ3n) is 2.31. The Kier molecular flexibility index (Phi) is 5.66. The van der Waals surface area contributed by atoms with Crippen LogP contribution in [0, 0.1) is 0 Å². The fourth-order valence-corrected chi connectivity index (χ4v) is 1.45. The first-order valence-corrected chi connectivity index (χ1v) is 5.45. The summed E-state index contributed by atoms with van der Waals surface area (Å²) in [4.78, 5) is 11.9. The molecule has 0 fully saturated rings.